The standard InChI is InChI=1S/C19H22N2O3S2/c1-14-13-15(20-10-3-7-19(20)22)8-9-18(14)26(23,24)21-11-2-5-16(21)17-6-4-12-25-17/h4,6,8-9,12-13,16H,2-3,5,7,10-11H2,1H3. The number of carbonyl (C=O) groups excluding carboxylic acids is 1. The second-order valence-corrected chi connectivity index (χ2v) is 9.73. The Bertz CT molecular complexity index is 922. The van der Waals surface area contributed by atoms with E-state index in [0.29, 0.717) is 30.0 Å². The summed E-state index contributed by atoms with van der Waals surface area (Å²) in [7, 11) is -3.56. The van der Waals surface area contributed by atoms with Crippen LogP contribution in [-0.4, -0.2) is 31.7 Å². The molecular weight excluding hydrogens is 368 g/mol. The second-order valence-electron chi connectivity index (χ2n) is 6.89. The maximum absolute atomic E-state index is 13.3. The van der Waals surface area contributed by atoms with E-state index in [1.807, 2.05) is 30.5 Å². The molecule has 7 heteroatoms. The first-order chi connectivity index (χ1) is 12.5. The highest BCUT2D eigenvalue weighted by molar-refractivity contribution is 7.89. The molecule has 2 aliphatic heterocycles. The fraction of sp³-hybridized carbons (Fsp3) is 0.421. The van der Waals surface area contributed by atoms with Crippen molar-refractivity contribution in [2.75, 3.05) is 18.0 Å². The van der Waals surface area contributed by atoms with Crippen LogP contribution in [0.25, 0.3) is 0 Å². The number of thiophene rings is 1. The summed E-state index contributed by atoms with van der Waals surface area (Å²) in [5.74, 6) is 0.109. The molecule has 2 fully saturated rings. The number of nitrogens with zero attached hydrogens (tertiary/aromatic N) is 2. The topological polar surface area (TPSA) is 57.7 Å². The smallest absolute Gasteiger partial charge is 0.243 e. The summed E-state index contributed by atoms with van der Waals surface area (Å²) >= 11 is 1.61. The van der Waals surface area contributed by atoms with Crippen LogP contribution < -0.4 is 4.90 Å². The predicted molar refractivity (Wildman–Crippen MR) is 103 cm³/mol. The lowest BCUT2D eigenvalue weighted by Gasteiger charge is -2.25. The molecule has 1 amide bonds. The first kappa shape index (κ1) is 17.7. The van der Waals surface area contributed by atoms with Crippen molar-refractivity contribution in [3.8, 4) is 0 Å². The molecular formula is C19H22N2O3S2. The minimum Gasteiger partial charge on any atom is -0.312 e. The first-order valence-electron chi connectivity index (χ1n) is 8.95. The molecule has 2 aromatic rings. The van der Waals surface area contributed by atoms with Crippen molar-refractivity contribution >= 4 is 33.0 Å². The molecule has 1 aromatic carbocycles. The summed E-state index contributed by atoms with van der Waals surface area (Å²) in [4.78, 5) is 15.1. The van der Waals surface area contributed by atoms with Crippen molar-refractivity contribution in [2.24, 2.45) is 0 Å². The quantitative estimate of drug-likeness (QED) is 0.800. The predicted octanol–water partition coefficient (Wildman–Crippen LogP) is 3.71. The third kappa shape index (κ3) is 2.98. The van der Waals surface area contributed by atoms with Crippen molar-refractivity contribution in [3.05, 3.63) is 46.2 Å². The van der Waals surface area contributed by atoms with E-state index in [4.69, 9.17) is 0 Å². The molecule has 0 saturated carbocycles. The van der Waals surface area contributed by atoms with Gasteiger partial charge in [-0.05, 0) is 61.4 Å². The average Bonchev–Trinajstić information content (AvgIpc) is 3.35. The SMILES string of the molecule is Cc1cc(N2CCCC2=O)ccc1S(=O)(=O)N1CCCC1c1cccs1. The Kier molecular flexibility index (Phi) is 4.62. The van der Waals surface area contributed by atoms with Crippen LogP contribution in [0, 0.1) is 6.92 Å². The zero-order valence-electron chi connectivity index (χ0n) is 14.7. The zero-order chi connectivity index (χ0) is 18.3. The van der Waals surface area contributed by atoms with Gasteiger partial charge >= 0.3 is 0 Å². The van der Waals surface area contributed by atoms with Gasteiger partial charge in [-0.1, -0.05) is 6.07 Å². The number of carbonyl (C=O) groups is 1. The third-order valence-electron chi connectivity index (χ3n) is 5.21. The normalized spacial score (nSPS) is 21.7. The Labute approximate surface area is 158 Å². The van der Waals surface area contributed by atoms with Crippen LogP contribution >= 0.6 is 11.3 Å². The summed E-state index contributed by atoms with van der Waals surface area (Å²) < 4.78 is 28.3. The maximum Gasteiger partial charge on any atom is 0.243 e. The number of sulfonamides is 1. The van der Waals surface area contributed by atoms with E-state index < -0.39 is 10.0 Å². The molecule has 0 spiro atoms. The first-order valence-corrected chi connectivity index (χ1v) is 11.3. The van der Waals surface area contributed by atoms with E-state index in [2.05, 4.69) is 0 Å². The van der Waals surface area contributed by atoms with Crippen LogP contribution in [0.15, 0.2) is 40.6 Å². The molecule has 1 unspecified atom stereocenters. The maximum atomic E-state index is 13.3. The highest BCUT2D eigenvalue weighted by atomic mass is 32.2. The minimum absolute atomic E-state index is 0.0702. The largest absolute Gasteiger partial charge is 0.312 e. The minimum atomic E-state index is -3.56. The van der Waals surface area contributed by atoms with E-state index in [1.165, 1.54) is 0 Å². The second kappa shape index (κ2) is 6.79. The van der Waals surface area contributed by atoms with E-state index in [0.717, 1.165) is 29.8 Å². The monoisotopic (exact) mass is 390 g/mol. The molecule has 138 valence electrons. The number of anilines is 1. The number of amides is 1. The van der Waals surface area contributed by atoms with Gasteiger partial charge in [-0.3, -0.25) is 4.79 Å². The van der Waals surface area contributed by atoms with Gasteiger partial charge in [0.2, 0.25) is 15.9 Å². The van der Waals surface area contributed by atoms with Gasteiger partial charge < -0.3 is 4.90 Å². The molecule has 0 radical (unpaired) electrons. The van der Waals surface area contributed by atoms with Gasteiger partial charge in [-0.2, -0.15) is 4.31 Å². The van der Waals surface area contributed by atoms with Crippen LogP contribution in [0.4, 0.5) is 5.69 Å². The van der Waals surface area contributed by atoms with Gasteiger partial charge in [0.25, 0.3) is 0 Å². The van der Waals surface area contributed by atoms with Crippen molar-refractivity contribution in [1.29, 1.82) is 0 Å². The average molecular weight is 391 g/mol. The van der Waals surface area contributed by atoms with Crippen molar-refractivity contribution in [1.82, 2.24) is 4.31 Å². The molecule has 26 heavy (non-hydrogen) atoms. The summed E-state index contributed by atoms with van der Waals surface area (Å²) in [6, 6.07) is 9.16. The van der Waals surface area contributed by atoms with Crippen LogP contribution in [-0.2, 0) is 14.8 Å². The van der Waals surface area contributed by atoms with Crippen molar-refractivity contribution in [2.45, 2.75) is 43.5 Å². The van der Waals surface area contributed by atoms with Gasteiger partial charge in [-0.25, -0.2) is 8.42 Å². The molecule has 2 aliphatic rings. The molecule has 0 N–H and O–H groups in total. The van der Waals surface area contributed by atoms with Gasteiger partial charge in [0, 0.05) is 30.1 Å². The fourth-order valence-corrected chi connectivity index (χ4v) is 6.75. The van der Waals surface area contributed by atoms with E-state index in [-0.39, 0.29) is 11.9 Å². The fourth-order valence-electron chi connectivity index (χ4n) is 3.93. The Morgan fingerprint density at radius 1 is 1.15 bits per heavy atom. The lowest BCUT2D eigenvalue weighted by Crippen LogP contribution is -2.31. The molecule has 3 heterocycles. The van der Waals surface area contributed by atoms with E-state index >= 15 is 0 Å². The van der Waals surface area contributed by atoms with Crippen molar-refractivity contribution < 1.29 is 13.2 Å². The van der Waals surface area contributed by atoms with Crippen LogP contribution in [0.3, 0.4) is 0 Å². The molecule has 0 bridgehead atoms. The van der Waals surface area contributed by atoms with E-state index in [1.54, 1.807) is 32.7 Å². The summed E-state index contributed by atoms with van der Waals surface area (Å²) in [5.41, 5.74) is 1.49. The molecule has 1 aromatic heterocycles. The van der Waals surface area contributed by atoms with Crippen LogP contribution in [0.1, 0.15) is 42.2 Å². The van der Waals surface area contributed by atoms with Gasteiger partial charge in [0.05, 0.1) is 10.9 Å². The molecule has 0 aliphatic carbocycles. The van der Waals surface area contributed by atoms with Crippen LogP contribution in [0.5, 0.6) is 0 Å². The molecule has 5 nitrogen and oxygen atoms in total. The third-order valence-corrected chi connectivity index (χ3v) is 8.25. The molecule has 1 atom stereocenters. The lowest BCUT2D eigenvalue weighted by atomic mass is 10.2. The summed E-state index contributed by atoms with van der Waals surface area (Å²) in [6.45, 7) is 3.07. The lowest BCUT2D eigenvalue weighted by molar-refractivity contribution is -0.117. The number of benzene rings is 1. The highest BCUT2D eigenvalue weighted by Crippen LogP contribution is 2.39. The van der Waals surface area contributed by atoms with Crippen LogP contribution in [0.2, 0.25) is 0 Å². The molecule has 2 saturated heterocycles. The Balaban J connectivity index is 1.66. The van der Waals surface area contributed by atoms with Crippen molar-refractivity contribution in [3.63, 3.8) is 0 Å². The Hall–Kier alpha value is -1.70. The van der Waals surface area contributed by atoms with Gasteiger partial charge in [-0.15, -0.1) is 11.3 Å². The summed E-state index contributed by atoms with van der Waals surface area (Å²) in [5, 5.41) is 1.99. The number of rotatable bonds is 4. The Morgan fingerprint density at radius 3 is 2.65 bits per heavy atom. The Morgan fingerprint density at radius 2 is 2.00 bits per heavy atom. The highest BCUT2D eigenvalue weighted by Gasteiger charge is 2.37. The number of hydrogen-bond acceptors (Lipinski definition) is 4. The summed E-state index contributed by atoms with van der Waals surface area (Å²) in [6.07, 6.45) is 3.16. The number of hydrogen-bond donors (Lipinski definition) is 0. The molecule has 4 rings (SSSR count). The van der Waals surface area contributed by atoms with Gasteiger partial charge in [0.1, 0.15) is 0 Å². The van der Waals surface area contributed by atoms with E-state index in [9.17, 15) is 13.2 Å². The number of aryl methyl sites for hydroxylation is 1. The van der Waals surface area contributed by atoms with Gasteiger partial charge in [0.15, 0.2) is 0 Å². The zero-order valence-corrected chi connectivity index (χ0v) is 16.4.